The molecule has 164 valence electrons. The van der Waals surface area contributed by atoms with Crippen molar-refractivity contribution in [2.45, 2.75) is 50.0 Å². The molecule has 31 heavy (non-hydrogen) atoms. The van der Waals surface area contributed by atoms with Gasteiger partial charge >= 0.3 is 0 Å². The molecule has 2 aromatic carbocycles. The van der Waals surface area contributed by atoms with Gasteiger partial charge in [0.2, 0.25) is 10.0 Å². The van der Waals surface area contributed by atoms with Crippen molar-refractivity contribution in [2.24, 2.45) is 5.41 Å². The van der Waals surface area contributed by atoms with Crippen molar-refractivity contribution in [1.82, 2.24) is 4.31 Å². The Kier molecular flexibility index (Phi) is 4.90. The second-order valence-electron chi connectivity index (χ2n) is 8.95. The van der Waals surface area contributed by atoms with Crippen LogP contribution >= 0.6 is 0 Å². The maximum atomic E-state index is 13.9. The molecule has 5 nitrogen and oxygen atoms in total. The molecule has 1 spiro atoms. The van der Waals surface area contributed by atoms with E-state index in [0.29, 0.717) is 22.9 Å². The van der Waals surface area contributed by atoms with Gasteiger partial charge in [0, 0.05) is 12.0 Å². The van der Waals surface area contributed by atoms with Gasteiger partial charge in [-0.2, -0.15) is 4.31 Å². The number of aryl methyl sites for hydroxylation is 1. The third kappa shape index (κ3) is 3.03. The Hall–Kier alpha value is -2.31. The Morgan fingerprint density at radius 3 is 2.39 bits per heavy atom. The average molecular weight is 440 g/mol. The van der Waals surface area contributed by atoms with Gasteiger partial charge in [0.25, 0.3) is 0 Å². The molecule has 0 bridgehead atoms. The smallest absolute Gasteiger partial charge is 0.243 e. The molecule has 2 fully saturated rings. The largest absolute Gasteiger partial charge is 0.493 e. The number of piperidine rings is 1. The number of fused-ring (bicyclic) bond motifs is 2. The fourth-order valence-electron chi connectivity index (χ4n) is 5.93. The molecule has 0 N–H and O–H groups in total. The highest BCUT2D eigenvalue weighted by Crippen LogP contribution is 2.63. The second-order valence-corrected chi connectivity index (χ2v) is 10.8. The van der Waals surface area contributed by atoms with Crippen molar-refractivity contribution in [3.05, 3.63) is 58.7 Å². The van der Waals surface area contributed by atoms with Crippen LogP contribution in [-0.4, -0.2) is 33.5 Å². The van der Waals surface area contributed by atoms with Gasteiger partial charge in [-0.3, -0.25) is 0 Å². The number of benzene rings is 2. The van der Waals surface area contributed by atoms with Crippen molar-refractivity contribution >= 4 is 16.1 Å². The summed E-state index contributed by atoms with van der Waals surface area (Å²) in [7, 11) is -0.377. The maximum Gasteiger partial charge on any atom is 0.243 e. The van der Waals surface area contributed by atoms with Crippen LogP contribution in [-0.2, 0) is 10.0 Å². The lowest BCUT2D eigenvalue weighted by Gasteiger charge is -2.51. The Morgan fingerprint density at radius 1 is 1.00 bits per heavy atom. The van der Waals surface area contributed by atoms with E-state index >= 15 is 0 Å². The highest BCUT2D eigenvalue weighted by atomic mass is 32.2. The molecule has 3 aliphatic rings. The first-order valence-electron chi connectivity index (χ1n) is 11.0. The highest BCUT2D eigenvalue weighted by Gasteiger charge is 2.55. The van der Waals surface area contributed by atoms with E-state index in [-0.39, 0.29) is 11.5 Å². The first-order valence-corrected chi connectivity index (χ1v) is 12.4. The fourth-order valence-corrected chi connectivity index (χ4v) is 7.64. The van der Waals surface area contributed by atoms with Gasteiger partial charge in [0.15, 0.2) is 11.5 Å². The lowest BCUT2D eigenvalue weighted by Crippen LogP contribution is -2.49. The summed E-state index contributed by atoms with van der Waals surface area (Å²) < 4.78 is 40.7. The van der Waals surface area contributed by atoms with Crippen LogP contribution in [0, 0.1) is 12.3 Å². The second kappa shape index (κ2) is 7.38. The minimum Gasteiger partial charge on any atom is -0.493 e. The van der Waals surface area contributed by atoms with Crippen molar-refractivity contribution in [3.63, 3.8) is 0 Å². The van der Waals surface area contributed by atoms with Crippen LogP contribution in [0.25, 0.3) is 6.08 Å². The summed E-state index contributed by atoms with van der Waals surface area (Å²) in [6.45, 7) is 2.50. The fraction of sp³-hybridized carbons (Fsp3) is 0.440. The van der Waals surface area contributed by atoms with Gasteiger partial charge in [0.1, 0.15) is 0 Å². The molecule has 1 saturated carbocycles. The summed E-state index contributed by atoms with van der Waals surface area (Å²) in [6, 6.07) is 11.0. The quantitative estimate of drug-likeness (QED) is 0.665. The molecular weight excluding hydrogens is 410 g/mol. The molecule has 0 unspecified atom stereocenters. The molecule has 1 saturated heterocycles. The Bertz CT molecular complexity index is 1150. The van der Waals surface area contributed by atoms with Gasteiger partial charge in [-0.25, -0.2) is 8.42 Å². The zero-order valence-corrected chi connectivity index (χ0v) is 19.2. The van der Waals surface area contributed by atoms with Crippen molar-refractivity contribution < 1.29 is 17.9 Å². The third-order valence-electron chi connectivity index (χ3n) is 7.36. The Morgan fingerprint density at radius 2 is 1.68 bits per heavy atom. The monoisotopic (exact) mass is 439 g/mol. The van der Waals surface area contributed by atoms with Crippen molar-refractivity contribution in [3.8, 4) is 11.5 Å². The number of ether oxygens (including phenoxy) is 2. The summed E-state index contributed by atoms with van der Waals surface area (Å²) in [6.07, 6.45) is 7.34. The Balaban J connectivity index is 1.71. The normalized spacial score (nSPS) is 25.3. The van der Waals surface area contributed by atoms with Gasteiger partial charge < -0.3 is 9.47 Å². The van der Waals surface area contributed by atoms with Crippen molar-refractivity contribution in [2.75, 3.05) is 20.8 Å². The minimum absolute atomic E-state index is 0.122. The van der Waals surface area contributed by atoms with Crippen LogP contribution in [0.15, 0.2) is 46.9 Å². The first-order chi connectivity index (χ1) is 14.9. The van der Waals surface area contributed by atoms with E-state index in [0.717, 1.165) is 48.8 Å². The number of rotatable bonds is 4. The molecule has 1 heterocycles. The third-order valence-corrected chi connectivity index (χ3v) is 9.24. The first kappa shape index (κ1) is 20.6. The Labute approximate surface area is 184 Å². The predicted molar refractivity (Wildman–Crippen MR) is 121 cm³/mol. The van der Waals surface area contributed by atoms with Gasteiger partial charge in [-0.15, -0.1) is 0 Å². The van der Waals surface area contributed by atoms with Crippen LogP contribution in [0.4, 0.5) is 0 Å². The summed E-state index contributed by atoms with van der Waals surface area (Å²) >= 11 is 0. The summed E-state index contributed by atoms with van der Waals surface area (Å²) in [5.41, 5.74) is 4.39. The van der Waals surface area contributed by atoms with Crippen LogP contribution < -0.4 is 9.47 Å². The number of methoxy groups -OCH3 is 2. The average Bonchev–Trinajstić information content (AvgIpc) is 3.18. The van der Waals surface area contributed by atoms with Crippen LogP contribution in [0.1, 0.15) is 54.8 Å². The number of hydrogen-bond donors (Lipinski definition) is 0. The molecular formula is C25H29NO4S. The molecule has 0 radical (unpaired) electrons. The SMILES string of the molecule is COc1cc2c(cc1OC)[C@@H]1N(S(=O)(=O)c3ccc(C)cc3)CCC[C@@]13CCCC3=C2. The molecule has 2 atom stereocenters. The molecule has 2 aliphatic carbocycles. The van der Waals surface area contributed by atoms with Gasteiger partial charge in [0.05, 0.1) is 25.2 Å². The highest BCUT2D eigenvalue weighted by molar-refractivity contribution is 7.89. The molecule has 2 aromatic rings. The molecule has 5 rings (SSSR count). The van der Waals surface area contributed by atoms with E-state index in [4.69, 9.17) is 9.47 Å². The van der Waals surface area contributed by atoms with Crippen LogP contribution in [0.3, 0.4) is 0 Å². The molecule has 0 amide bonds. The lowest BCUT2D eigenvalue weighted by molar-refractivity contribution is 0.103. The molecule has 0 aromatic heterocycles. The van der Waals surface area contributed by atoms with E-state index in [9.17, 15) is 8.42 Å². The van der Waals surface area contributed by atoms with E-state index in [1.807, 2.05) is 31.2 Å². The van der Waals surface area contributed by atoms with E-state index in [1.165, 1.54) is 5.57 Å². The van der Waals surface area contributed by atoms with E-state index in [2.05, 4.69) is 6.08 Å². The lowest BCUT2D eigenvalue weighted by atomic mass is 9.64. The summed E-state index contributed by atoms with van der Waals surface area (Å²) in [5.74, 6) is 1.32. The van der Waals surface area contributed by atoms with E-state index < -0.39 is 10.0 Å². The van der Waals surface area contributed by atoms with Crippen LogP contribution in [0.5, 0.6) is 11.5 Å². The summed E-state index contributed by atoms with van der Waals surface area (Å²) in [5, 5.41) is 0. The standard InChI is InChI=1S/C25H29NO4S/c1-17-7-9-20(10-8-17)31(27,28)26-13-5-12-25-11-4-6-19(25)14-18-15-22(29-2)23(30-3)16-21(18)24(25)26/h7-10,14-16,24H,4-6,11-13H2,1-3H3/t24-,25+/m0/s1. The van der Waals surface area contributed by atoms with E-state index in [1.54, 1.807) is 30.7 Å². The number of sulfonamides is 1. The molecule has 1 aliphatic heterocycles. The van der Waals surface area contributed by atoms with Crippen LogP contribution in [0.2, 0.25) is 0 Å². The molecule has 6 heteroatoms. The maximum absolute atomic E-state index is 13.9. The van der Waals surface area contributed by atoms with Crippen molar-refractivity contribution in [1.29, 1.82) is 0 Å². The summed E-state index contributed by atoms with van der Waals surface area (Å²) in [4.78, 5) is 0.367. The van der Waals surface area contributed by atoms with Gasteiger partial charge in [-0.05, 0) is 74.4 Å². The zero-order valence-electron chi connectivity index (χ0n) is 18.3. The zero-order chi connectivity index (χ0) is 21.8. The predicted octanol–water partition coefficient (Wildman–Crippen LogP) is 5.11. The van der Waals surface area contributed by atoms with Gasteiger partial charge in [-0.1, -0.05) is 29.3 Å². The number of nitrogens with zero attached hydrogens (tertiary/aromatic N) is 1. The topological polar surface area (TPSA) is 55.8 Å². The number of hydrogen-bond acceptors (Lipinski definition) is 4. The minimum atomic E-state index is -3.64.